The van der Waals surface area contributed by atoms with Gasteiger partial charge in [0.2, 0.25) is 0 Å². The number of ether oxygens (including phenoxy) is 2. The highest BCUT2D eigenvalue weighted by molar-refractivity contribution is 7.92. The van der Waals surface area contributed by atoms with Crippen molar-refractivity contribution in [3.05, 3.63) is 35.6 Å². The molecule has 1 saturated carbocycles. The van der Waals surface area contributed by atoms with E-state index in [1.807, 2.05) is 0 Å². The number of hydrogen-bond donors (Lipinski definition) is 0. The number of sulfone groups is 1. The average molecular weight is 372 g/mol. The predicted octanol–water partition coefficient (Wildman–Crippen LogP) is 1.84. The molecule has 1 aromatic carbocycles. The zero-order valence-electron chi connectivity index (χ0n) is 14.3. The van der Waals surface area contributed by atoms with Gasteiger partial charge in [0, 0.05) is 11.7 Å². The third kappa shape index (κ3) is 3.15. The Hall–Kier alpha value is -1.96. The summed E-state index contributed by atoms with van der Waals surface area (Å²) in [4.78, 5) is 25.2. The van der Waals surface area contributed by atoms with E-state index < -0.39 is 44.2 Å². The van der Waals surface area contributed by atoms with E-state index in [9.17, 15) is 22.4 Å². The molecular weight excluding hydrogens is 351 g/mol. The number of rotatable bonds is 7. The van der Waals surface area contributed by atoms with Crippen molar-refractivity contribution in [3.63, 3.8) is 0 Å². The first kappa shape index (κ1) is 19.4. The third-order valence-corrected chi connectivity index (χ3v) is 6.58. The molecule has 0 N–H and O–H groups in total. The van der Waals surface area contributed by atoms with E-state index in [0.717, 1.165) is 6.07 Å². The summed E-state index contributed by atoms with van der Waals surface area (Å²) in [6, 6.07) is 5.22. The molecule has 0 spiro atoms. The van der Waals surface area contributed by atoms with E-state index in [4.69, 9.17) is 9.47 Å². The quantitative estimate of drug-likeness (QED) is 0.536. The van der Waals surface area contributed by atoms with E-state index in [0.29, 0.717) is 0 Å². The fraction of sp³-hybridized carbons (Fsp3) is 0.529. The van der Waals surface area contributed by atoms with Gasteiger partial charge in [0.15, 0.2) is 15.3 Å². The molecule has 1 aliphatic rings. The zero-order valence-corrected chi connectivity index (χ0v) is 15.1. The van der Waals surface area contributed by atoms with Gasteiger partial charge in [-0.2, -0.15) is 0 Å². The average Bonchev–Trinajstić information content (AvgIpc) is 3.28. The van der Waals surface area contributed by atoms with Crippen LogP contribution in [0.3, 0.4) is 0 Å². The smallest absolute Gasteiger partial charge is 0.325 e. The highest BCUT2D eigenvalue weighted by Gasteiger charge is 2.81. The molecule has 8 heteroatoms. The van der Waals surface area contributed by atoms with E-state index in [1.165, 1.54) is 25.1 Å². The van der Waals surface area contributed by atoms with Crippen LogP contribution in [0, 0.1) is 11.2 Å². The monoisotopic (exact) mass is 372 g/mol. The van der Waals surface area contributed by atoms with Crippen molar-refractivity contribution in [3.8, 4) is 0 Å². The lowest BCUT2D eigenvalue weighted by atomic mass is 9.99. The van der Waals surface area contributed by atoms with Crippen LogP contribution in [-0.2, 0) is 28.9 Å². The van der Waals surface area contributed by atoms with Gasteiger partial charge in [-0.3, -0.25) is 9.59 Å². The molecule has 2 atom stereocenters. The predicted molar refractivity (Wildman–Crippen MR) is 88.1 cm³/mol. The van der Waals surface area contributed by atoms with Gasteiger partial charge < -0.3 is 9.47 Å². The molecule has 0 bridgehead atoms. The molecule has 0 saturated heterocycles. The lowest BCUT2D eigenvalue weighted by molar-refractivity contribution is -0.164. The highest BCUT2D eigenvalue weighted by Crippen LogP contribution is 2.64. The fourth-order valence-electron chi connectivity index (χ4n) is 3.23. The van der Waals surface area contributed by atoms with Crippen molar-refractivity contribution in [2.75, 3.05) is 19.0 Å². The Labute approximate surface area is 146 Å². The maximum Gasteiger partial charge on any atom is 0.325 e. The lowest BCUT2D eigenvalue weighted by Crippen LogP contribution is -2.36. The van der Waals surface area contributed by atoms with Gasteiger partial charge in [-0.05, 0) is 31.5 Å². The van der Waals surface area contributed by atoms with Crippen LogP contribution in [0.25, 0.3) is 0 Å². The number of benzene rings is 1. The Morgan fingerprint density at radius 1 is 1.12 bits per heavy atom. The molecule has 2 rings (SSSR count). The summed E-state index contributed by atoms with van der Waals surface area (Å²) in [5.41, 5.74) is -1.74. The van der Waals surface area contributed by atoms with Gasteiger partial charge in [0.05, 0.1) is 18.5 Å². The van der Waals surface area contributed by atoms with Gasteiger partial charge in [-0.1, -0.05) is 19.1 Å². The Bertz CT molecular complexity index is 755. The van der Waals surface area contributed by atoms with Crippen molar-refractivity contribution in [2.45, 2.75) is 31.9 Å². The summed E-state index contributed by atoms with van der Waals surface area (Å²) in [5.74, 6) is -3.79. The van der Waals surface area contributed by atoms with E-state index >= 15 is 0 Å². The summed E-state index contributed by atoms with van der Waals surface area (Å²) in [5, 5.41) is -1.33. The maximum atomic E-state index is 13.6. The third-order valence-electron chi connectivity index (χ3n) is 4.36. The molecule has 0 radical (unpaired) electrons. The summed E-state index contributed by atoms with van der Waals surface area (Å²) in [7, 11) is -3.79. The zero-order chi connectivity index (χ0) is 18.8. The Kier molecular flexibility index (Phi) is 5.51. The number of carbonyl (C=O) groups is 2. The number of carbonyl (C=O) groups excluding carboxylic acids is 2. The van der Waals surface area contributed by atoms with Crippen LogP contribution in [0.1, 0.15) is 32.3 Å². The molecule has 138 valence electrons. The van der Waals surface area contributed by atoms with Crippen LogP contribution < -0.4 is 0 Å². The molecule has 0 aromatic heterocycles. The van der Waals surface area contributed by atoms with Gasteiger partial charge in [-0.15, -0.1) is 0 Å². The Balaban J connectivity index is 2.63. The first-order valence-corrected chi connectivity index (χ1v) is 9.80. The minimum atomic E-state index is -3.79. The Morgan fingerprint density at radius 3 is 2.12 bits per heavy atom. The van der Waals surface area contributed by atoms with Crippen LogP contribution in [-0.4, -0.2) is 44.6 Å². The van der Waals surface area contributed by atoms with Gasteiger partial charge >= 0.3 is 11.9 Å². The Morgan fingerprint density at radius 2 is 1.68 bits per heavy atom. The second-order valence-electron chi connectivity index (χ2n) is 5.71. The minimum Gasteiger partial charge on any atom is -0.465 e. The first-order valence-electron chi connectivity index (χ1n) is 8.08. The van der Waals surface area contributed by atoms with Crippen molar-refractivity contribution < 1.29 is 31.9 Å². The number of hydrogen-bond acceptors (Lipinski definition) is 6. The van der Waals surface area contributed by atoms with Crippen molar-refractivity contribution in [1.29, 1.82) is 0 Å². The standard InChI is InChI=1S/C17H21FO6S/c1-4-23-15(19)17(16(20)24-5-2)13(14(17)25(21,22)6-3)11-8-7-9-12(18)10-11/h7-10,13-14H,4-6H2,1-3H3/t13-,14+/m1/s1. The van der Waals surface area contributed by atoms with E-state index in [2.05, 4.69) is 0 Å². The lowest BCUT2D eigenvalue weighted by Gasteiger charge is -2.15. The van der Waals surface area contributed by atoms with Gasteiger partial charge in [0.1, 0.15) is 5.82 Å². The van der Waals surface area contributed by atoms with Crippen molar-refractivity contribution in [1.82, 2.24) is 0 Å². The van der Waals surface area contributed by atoms with Crippen LogP contribution in [0.5, 0.6) is 0 Å². The van der Waals surface area contributed by atoms with E-state index in [-0.39, 0.29) is 24.5 Å². The minimum absolute atomic E-state index is 0.0191. The molecule has 0 amide bonds. The summed E-state index contributed by atoms with van der Waals surface area (Å²) in [6.45, 7) is 4.50. The maximum absolute atomic E-state index is 13.6. The molecule has 25 heavy (non-hydrogen) atoms. The molecule has 1 fully saturated rings. The largest absolute Gasteiger partial charge is 0.465 e. The fourth-order valence-corrected chi connectivity index (χ4v) is 5.21. The first-order chi connectivity index (χ1) is 11.8. The van der Waals surface area contributed by atoms with E-state index in [1.54, 1.807) is 13.8 Å². The van der Waals surface area contributed by atoms with Crippen LogP contribution in [0.4, 0.5) is 4.39 Å². The molecule has 0 unspecified atom stereocenters. The second kappa shape index (κ2) is 7.11. The molecule has 0 aliphatic heterocycles. The van der Waals surface area contributed by atoms with Crippen LogP contribution in [0.15, 0.2) is 24.3 Å². The summed E-state index contributed by atoms with van der Waals surface area (Å²) >= 11 is 0. The van der Waals surface area contributed by atoms with Crippen molar-refractivity contribution in [2.24, 2.45) is 5.41 Å². The SMILES string of the molecule is CCOC(=O)C1(C(=O)OCC)[C@H](c2cccc(F)c2)[C@@H]1S(=O)(=O)CC. The molecule has 1 aromatic rings. The molecular formula is C17H21FO6S. The van der Waals surface area contributed by atoms with Crippen molar-refractivity contribution >= 4 is 21.8 Å². The van der Waals surface area contributed by atoms with Crippen LogP contribution in [0.2, 0.25) is 0 Å². The highest BCUT2D eigenvalue weighted by atomic mass is 32.2. The van der Waals surface area contributed by atoms with Crippen LogP contribution >= 0.6 is 0 Å². The number of halogens is 1. The topological polar surface area (TPSA) is 86.7 Å². The summed E-state index contributed by atoms with van der Waals surface area (Å²) in [6.07, 6.45) is 0. The number of esters is 2. The second-order valence-corrected chi connectivity index (χ2v) is 8.13. The molecule has 0 heterocycles. The molecule has 1 aliphatic carbocycles. The molecule has 6 nitrogen and oxygen atoms in total. The summed E-state index contributed by atoms with van der Waals surface area (Å²) < 4.78 is 48.7. The van der Waals surface area contributed by atoms with Gasteiger partial charge in [0.25, 0.3) is 0 Å². The van der Waals surface area contributed by atoms with Gasteiger partial charge in [-0.25, -0.2) is 12.8 Å². The normalized spacial score (nSPS) is 21.4.